The van der Waals surface area contributed by atoms with Crippen molar-refractivity contribution in [1.29, 1.82) is 0 Å². The molecule has 1 aliphatic heterocycles. The van der Waals surface area contributed by atoms with E-state index in [2.05, 4.69) is 11.4 Å². The maximum absolute atomic E-state index is 10.9. The van der Waals surface area contributed by atoms with Crippen molar-refractivity contribution in [3.05, 3.63) is 23.8 Å². The molecule has 1 aromatic carbocycles. The van der Waals surface area contributed by atoms with Gasteiger partial charge in [0.15, 0.2) is 0 Å². The summed E-state index contributed by atoms with van der Waals surface area (Å²) >= 11 is 0. The second-order valence-corrected chi connectivity index (χ2v) is 4.46. The summed E-state index contributed by atoms with van der Waals surface area (Å²) in [4.78, 5) is 10.9. The van der Waals surface area contributed by atoms with E-state index in [4.69, 9.17) is 10.5 Å². The van der Waals surface area contributed by atoms with Gasteiger partial charge in [-0.3, -0.25) is 4.79 Å². The van der Waals surface area contributed by atoms with E-state index in [9.17, 15) is 4.79 Å². The Kier molecular flexibility index (Phi) is 3.52. The van der Waals surface area contributed by atoms with Crippen molar-refractivity contribution < 1.29 is 9.53 Å². The monoisotopic (exact) mass is 234 g/mol. The first-order chi connectivity index (χ1) is 8.16. The van der Waals surface area contributed by atoms with Gasteiger partial charge in [-0.2, -0.15) is 0 Å². The first-order valence-corrected chi connectivity index (χ1v) is 5.96. The van der Waals surface area contributed by atoms with Crippen LogP contribution in [0.2, 0.25) is 0 Å². The van der Waals surface area contributed by atoms with Crippen LogP contribution in [-0.4, -0.2) is 19.1 Å². The number of benzene rings is 1. The summed E-state index contributed by atoms with van der Waals surface area (Å²) in [7, 11) is 0. The zero-order chi connectivity index (χ0) is 12.3. The minimum absolute atomic E-state index is 0.265. The number of aryl methyl sites for hydroxylation is 1. The summed E-state index contributed by atoms with van der Waals surface area (Å²) in [5.74, 6) is 0.186. The van der Waals surface area contributed by atoms with Crippen LogP contribution in [0.4, 0.5) is 5.69 Å². The number of amides is 1. The van der Waals surface area contributed by atoms with Gasteiger partial charge in [-0.1, -0.05) is 13.0 Å². The third-order valence-electron chi connectivity index (χ3n) is 3.01. The average molecular weight is 234 g/mol. The van der Waals surface area contributed by atoms with Gasteiger partial charge < -0.3 is 15.8 Å². The van der Waals surface area contributed by atoms with Gasteiger partial charge in [-0.05, 0) is 24.5 Å². The van der Waals surface area contributed by atoms with Crippen LogP contribution >= 0.6 is 0 Å². The fraction of sp³-hybridized carbons (Fsp3) is 0.462. The molecule has 2 rings (SSSR count). The second-order valence-electron chi connectivity index (χ2n) is 4.46. The molecular formula is C13H18N2O2. The first kappa shape index (κ1) is 11.8. The van der Waals surface area contributed by atoms with E-state index in [-0.39, 0.29) is 11.8 Å². The Labute approximate surface area is 101 Å². The average Bonchev–Trinajstić information content (AvgIpc) is 2.35. The number of rotatable bonds is 4. The number of nitrogens with two attached hydrogens (primary N) is 1. The van der Waals surface area contributed by atoms with Gasteiger partial charge in [0.05, 0.1) is 12.5 Å². The van der Waals surface area contributed by atoms with Crippen LogP contribution < -0.4 is 15.8 Å². The smallest absolute Gasteiger partial charge is 0.223 e. The Hall–Kier alpha value is -1.71. The molecule has 1 amide bonds. The Bertz CT molecular complexity index is 418. The molecule has 4 heteroatoms. The van der Waals surface area contributed by atoms with Crippen molar-refractivity contribution in [3.8, 4) is 5.75 Å². The van der Waals surface area contributed by atoms with E-state index in [0.29, 0.717) is 6.61 Å². The summed E-state index contributed by atoms with van der Waals surface area (Å²) in [6.45, 7) is 3.10. The molecule has 0 radical (unpaired) electrons. The number of fused-ring (bicyclic) bond motifs is 1. The van der Waals surface area contributed by atoms with E-state index in [0.717, 1.165) is 24.4 Å². The van der Waals surface area contributed by atoms with Crippen LogP contribution in [-0.2, 0) is 11.2 Å². The third kappa shape index (κ3) is 2.90. The number of hydrogen-bond acceptors (Lipinski definition) is 3. The summed E-state index contributed by atoms with van der Waals surface area (Å²) in [6.07, 6.45) is 2.28. The van der Waals surface area contributed by atoms with Gasteiger partial charge in [0, 0.05) is 18.3 Å². The highest BCUT2D eigenvalue weighted by molar-refractivity contribution is 5.76. The number of anilines is 1. The van der Waals surface area contributed by atoms with Gasteiger partial charge in [0.2, 0.25) is 5.91 Å². The molecule has 1 aromatic rings. The van der Waals surface area contributed by atoms with Crippen molar-refractivity contribution in [3.63, 3.8) is 0 Å². The lowest BCUT2D eigenvalue weighted by Crippen LogP contribution is -2.25. The molecule has 1 heterocycles. The predicted molar refractivity (Wildman–Crippen MR) is 67.1 cm³/mol. The standard InChI is InChI=1S/C13H18N2O2/c1-9(13(14)16)8-17-11-5-4-10-3-2-6-15-12(10)7-11/h4-5,7,9,15H,2-3,6,8H2,1H3,(H2,14,16). The quantitative estimate of drug-likeness (QED) is 0.830. The summed E-state index contributed by atoms with van der Waals surface area (Å²) in [5, 5.41) is 3.34. The fourth-order valence-electron chi connectivity index (χ4n) is 1.83. The molecule has 0 aromatic heterocycles. The molecule has 1 unspecified atom stereocenters. The summed E-state index contributed by atoms with van der Waals surface area (Å²) in [5.41, 5.74) is 7.64. The Morgan fingerprint density at radius 3 is 3.18 bits per heavy atom. The minimum Gasteiger partial charge on any atom is -0.493 e. The van der Waals surface area contributed by atoms with Crippen molar-refractivity contribution in [2.75, 3.05) is 18.5 Å². The van der Waals surface area contributed by atoms with Crippen LogP contribution in [0.3, 0.4) is 0 Å². The largest absolute Gasteiger partial charge is 0.493 e. The SMILES string of the molecule is CC(COc1ccc2c(c1)NCCC2)C(N)=O. The van der Waals surface area contributed by atoms with Crippen molar-refractivity contribution in [1.82, 2.24) is 0 Å². The first-order valence-electron chi connectivity index (χ1n) is 5.96. The van der Waals surface area contributed by atoms with E-state index in [1.807, 2.05) is 12.1 Å². The van der Waals surface area contributed by atoms with Gasteiger partial charge >= 0.3 is 0 Å². The maximum atomic E-state index is 10.9. The summed E-state index contributed by atoms with van der Waals surface area (Å²) in [6, 6.07) is 6.01. The number of carbonyl (C=O) groups excluding carboxylic acids is 1. The highest BCUT2D eigenvalue weighted by atomic mass is 16.5. The van der Waals surface area contributed by atoms with Crippen LogP contribution in [0, 0.1) is 5.92 Å². The van der Waals surface area contributed by atoms with Crippen molar-refractivity contribution >= 4 is 11.6 Å². The van der Waals surface area contributed by atoms with Gasteiger partial charge in [-0.25, -0.2) is 0 Å². The third-order valence-corrected chi connectivity index (χ3v) is 3.01. The molecule has 92 valence electrons. The Morgan fingerprint density at radius 2 is 2.41 bits per heavy atom. The molecule has 0 spiro atoms. The minimum atomic E-state index is -0.332. The molecule has 0 fully saturated rings. The number of ether oxygens (including phenoxy) is 1. The highest BCUT2D eigenvalue weighted by Gasteiger charge is 2.12. The van der Waals surface area contributed by atoms with Crippen LogP contribution in [0.15, 0.2) is 18.2 Å². The van der Waals surface area contributed by atoms with E-state index < -0.39 is 0 Å². The van der Waals surface area contributed by atoms with Gasteiger partial charge in [-0.15, -0.1) is 0 Å². The van der Waals surface area contributed by atoms with E-state index in [1.54, 1.807) is 6.92 Å². The van der Waals surface area contributed by atoms with Crippen LogP contribution in [0.1, 0.15) is 18.9 Å². The molecule has 0 saturated carbocycles. The Balaban J connectivity index is 2.00. The predicted octanol–water partition coefficient (Wildman–Crippen LogP) is 1.54. The molecule has 4 nitrogen and oxygen atoms in total. The van der Waals surface area contributed by atoms with Crippen LogP contribution in [0.5, 0.6) is 5.75 Å². The molecule has 1 aliphatic rings. The number of nitrogens with one attached hydrogen (secondary N) is 1. The molecule has 0 saturated heterocycles. The summed E-state index contributed by atoms with van der Waals surface area (Å²) < 4.78 is 5.55. The fourth-order valence-corrected chi connectivity index (χ4v) is 1.83. The zero-order valence-electron chi connectivity index (χ0n) is 10.0. The van der Waals surface area contributed by atoms with Crippen molar-refractivity contribution in [2.45, 2.75) is 19.8 Å². The lowest BCUT2D eigenvalue weighted by molar-refractivity contribution is -0.122. The highest BCUT2D eigenvalue weighted by Crippen LogP contribution is 2.26. The zero-order valence-corrected chi connectivity index (χ0v) is 10.0. The van der Waals surface area contributed by atoms with E-state index >= 15 is 0 Å². The maximum Gasteiger partial charge on any atom is 0.223 e. The Morgan fingerprint density at radius 1 is 1.59 bits per heavy atom. The normalized spacial score (nSPS) is 15.6. The number of primary amides is 1. The van der Waals surface area contributed by atoms with Gasteiger partial charge in [0.1, 0.15) is 5.75 Å². The molecule has 0 bridgehead atoms. The molecule has 1 atom stereocenters. The van der Waals surface area contributed by atoms with Gasteiger partial charge in [0.25, 0.3) is 0 Å². The lowest BCUT2D eigenvalue weighted by atomic mass is 10.0. The number of carbonyl (C=O) groups is 1. The molecule has 17 heavy (non-hydrogen) atoms. The topological polar surface area (TPSA) is 64.3 Å². The van der Waals surface area contributed by atoms with Crippen molar-refractivity contribution in [2.24, 2.45) is 11.7 Å². The van der Waals surface area contributed by atoms with Crippen LogP contribution in [0.25, 0.3) is 0 Å². The molecular weight excluding hydrogens is 216 g/mol. The lowest BCUT2D eigenvalue weighted by Gasteiger charge is -2.19. The van der Waals surface area contributed by atoms with E-state index in [1.165, 1.54) is 12.0 Å². The second kappa shape index (κ2) is 5.08. The molecule has 0 aliphatic carbocycles. The molecule has 3 N–H and O–H groups in total. The number of hydrogen-bond donors (Lipinski definition) is 2.